The predicted molar refractivity (Wildman–Crippen MR) is 144 cm³/mol. The number of hydrazone groups is 1. The van der Waals surface area contributed by atoms with Gasteiger partial charge in [-0.05, 0) is 61.0 Å². The van der Waals surface area contributed by atoms with Crippen LogP contribution >= 0.6 is 0 Å². The molecular formula is C29H25N3O8. The van der Waals surface area contributed by atoms with E-state index in [2.05, 4.69) is 15.3 Å². The molecule has 0 aliphatic heterocycles. The molecule has 0 radical (unpaired) electrons. The number of ether oxygens (including phenoxy) is 3. The monoisotopic (exact) mass is 543 g/mol. The summed E-state index contributed by atoms with van der Waals surface area (Å²) >= 11 is 0. The summed E-state index contributed by atoms with van der Waals surface area (Å²) in [5.41, 5.74) is 4.82. The van der Waals surface area contributed by atoms with Gasteiger partial charge in [-0.15, -0.1) is 0 Å². The number of hydrogen-bond acceptors (Lipinski definition) is 9. The molecule has 0 aliphatic carbocycles. The maximum Gasteiger partial charge on any atom is 0.373 e. The van der Waals surface area contributed by atoms with E-state index in [-0.39, 0.29) is 24.7 Å². The summed E-state index contributed by atoms with van der Waals surface area (Å²) in [6.45, 7) is 1.98. The SMILES string of the molecule is COC(=O)c1ccc(COc2ccccc2/C(C)=N\NC(=O)c2cccc(COc3ccc([N+](=O)[O-])cc3)c2)o1. The topological polar surface area (TPSA) is 142 Å². The number of nitro groups is 1. The fourth-order valence-corrected chi connectivity index (χ4v) is 3.60. The second kappa shape index (κ2) is 12.9. The van der Waals surface area contributed by atoms with Crippen molar-refractivity contribution in [1.29, 1.82) is 0 Å². The molecule has 204 valence electrons. The third-order valence-electron chi connectivity index (χ3n) is 5.66. The van der Waals surface area contributed by atoms with Gasteiger partial charge in [-0.2, -0.15) is 5.10 Å². The Morgan fingerprint density at radius 1 is 0.950 bits per heavy atom. The number of nitrogens with zero attached hydrogens (tertiary/aromatic N) is 2. The van der Waals surface area contributed by atoms with Crippen LogP contribution in [0.5, 0.6) is 11.5 Å². The Kier molecular flexibility index (Phi) is 8.88. The van der Waals surface area contributed by atoms with Crippen molar-refractivity contribution in [2.45, 2.75) is 20.1 Å². The zero-order valence-electron chi connectivity index (χ0n) is 21.7. The number of benzene rings is 3. The van der Waals surface area contributed by atoms with Crippen molar-refractivity contribution in [3.05, 3.63) is 123 Å². The van der Waals surface area contributed by atoms with E-state index >= 15 is 0 Å². The van der Waals surface area contributed by atoms with E-state index in [0.29, 0.717) is 34.1 Å². The number of nitrogens with one attached hydrogen (secondary N) is 1. The van der Waals surface area contributed by atoms with Crippen LogP contribution in [0.15, 0.2) is 94.4 Å². The summed E-state index contributed by atoms with van der Waals surface area (Å²) in [6, 6.07) is 22.9. The number of hydrogen-bond donors (Lipinski definition) is 1. The molecule has 11 heteroatoms. The van der Waals surface area contributed by atoms with Crippen LogP contribution in [0.3, 0.4) is 0 Å². The normalized spacial score (nSPS) is 11.0. The quantitative estimate of drug-likeness (QED) is 0.116. The van der Waals surface area contributed by atoms with Crippen molar-refractivity contribution in [1.82, 2.24) is 5.43 Å². The third-order valence-corrected chi connectivity index (χ3v) is 5.66. The molecule has 1 heterocycles. The van der Waals surface area contributed by atoms with Gasteiger partial charge in [0.2, 0.25) is 5.76 Å². The summed E-state index contributed by atoms with van der Waals surface area (Å²) in [5, 5.41) is 15.0. The van der Waals surface area contributed by atoms with E-state index in [4.69, 9.17) is 13.9 Å². The maximum atomic E-state index is 12.8. The van der Waals surface area contributed by atoms with Crippen LogP contribution in [0.2, 0.25) is 0 Å². The molecule has 0 atom stereocenters. The van der Waals surface area contributed by atoms with Crippen molar-refractivity contribution >= 4 is 23.3 Å². The van der Waals surface area contributed by atoms with Crippen molar-refractivity contribution < 1.29 is 33.1 Å². The molecule has 4 rings (SSSR count). The largest absolute Gasteiger partial charge is 0.489 e. The minimum Gasteiger partial charge on any atom is -0.489 e. The first-order valence-electron chi connectivity index (χ1n) is 12.0. The van der Waals surface area contributed by atoms with Gasteiger partial charge in [0.15, 0.2) is 0 Å². The summed E-state index contributed by atoms with van der Waals surface area (Å²) in [7, 11) is 1.27. The number of furan rings is 1. The average Bonchev–Trinajstić information content (AvgIpc) is 3.47. The van der Waals surface area contributed by atoms with Gasteiger partial charge < -0.3 is 18.6 Å². The van der Waals surface area contributed by atoms with Crippen molar-refractivity contribution in [2.75, 3.05) is 7.11 Å². The molecule has 0 saturated carbocycles. The first kappa shape index (κ1) is 27.6. The second-order valence-corrected chi connectivity index (χ2v) is 8.42. The van der Waals surface area contributed by atoms with Crippen LogP contribution in [0, 0.1) is 10.1 Å². The van der Waals surface area contributed by atoms with Gasteiger partial charge in [-0.3, -0.25) is 14.9 Å². The Bertz CT molecular complexity index is 1540. The Morgan fingerprint density at radius 3 is 2.48 bits per heavy atom. The van der Waals surface area contributed by atoms with E-state index in [1.54, 1.807) is 55.5 Å². The summed E-state index contributed by atoms with van der Waals surface area (Å²) in [6.07, 6.45) is 0. The molecule has 0 unspecified atom stereocenters. The van der Waals surface area contributed by atoms with Crippen LogP contribution in [0.4, 0.5) is 5.69 Å². The Hall–Kier alpha value is -5.45. The van der Waals surface area contributed by atoms with Crippen molar-refractivity contribution in [3.63, 3.8) is 0 Å². The van der Waals surface area contributed by atoms with E-state index in [1.165, 1.54) is 37.4 Å². The number of rotatable bonds is 11. The van der Waals surface area contributed by atoms with Crippen LogP contribution < -0.4 is 14.9 Å². The van der Waals surface area contributed by atoms with Gasteiger partial charge in [0, 0.05) is 23.3 Å². The number of carbonyl (C=O) groups is 2. The van der Waals surface area contributed by atoms with Crippen LogP contribution in [0.25, 0.3) is 0 Å². The maximum absolute atomic E-state index is 12.8. The minimum absolute atomic E-state index is 0.0252. The summed E-state index contributed by atoms with van der Waals surface area (Å²) < 4.78 is 21.6. The lowest BCUT2D eigenvalue weighted by atomic mass is 10.1. The molecule has 1 aromatic heterocycles. The number of methoxy groups -OCH3 is 1. The Labute approximate surface area is 229 Å². The van der Waals surface area contributed by atoms with Crippen molar-refractivity contribution in [3.8, 4) is 11.5 Å². The van der Waals surface area contributed by atoms with Crippen molar-refractivity contribution in [2.24, 2.45) is 5.10 Å². The Morgan fingerprint density at radius 2 is 1.73 bits per heavy atom. The lowest BCUT2D eigenvalue weighted by Crippen LogP contribution is -2.19. The number of esters is 1. The number of carbonyl (C=O) groups excluding carboxylic acids is 2. The van der Waals surface area contributed by atoms with E-state index in [1.807, 2.05) is 6.07 Å². The molecule has 40 heavy (non-hydrogen) atoms. The van der Waals surface area contributed by atoms with Gasteiger partial charge in [-0.1, -0.05) is 24.3 Å². The van der Waals surface area contributed by atoms with E-state index in [9.17, 15) is 19.7 Å². The summed E-state index contributed by atoms with van der Waals surface area (Å²) in [5.74, 6) is 0.512. The lowest BCUT2D eigenvalue weighted by Gasteiger charge is -2.11. The number of para-hydroxylation sites is 1. The van der Waals surface area contributed by atoms with Gasteiger partial charge >= 0.3 is 5.97 Å². The molecule has 0 bridgehead atoms. The molecule has 0 saturated heterocycles. The zero-order chi connectivity index (χ0) is 28.5. The molecule has 11 nitrogen and oxygen atoms in total. The van der Waals surface area contributed by atoms with Crippen LogP contribution in [-0.2, 0) is 18.0 Å². The van der Waals surface area contributed by atoms with Gasteiger partial charge in [0.1, 0.15) is 30.5 Å². The standard InChI is InChI=1S/C29H25N3O8/c1-19(25-8-3-4-9-26(25)39-18-24-14-15-27(40-24)29(34)37-2)30-31-28(33)21-7-5-6-20(16-21)17-38-23-12-10-22(11-13-23)32(35)36/h3-16H,17-18H2,1-2H3,(H,31,33)/b30-19-. The van der Waals surface area contributed by atoms with E-state index < -0.39 is 16.8 Å². The molecular weight excluding hydrogens is 518 g/mol. The Balaban J connectivity index is 1.36. The van der Waals surface area contributed by atoms with Gasteiger partial charge in [0.25, 0.3) is 11.6 Å². The number of nitro benzene ring substituents is 1. The zero-order valence-corrected chi connectivity index (χ0v) is 21.7. The number of non-ortho nitro benzene ring substituents is 1. The van der Waals surface area contributed by atoms with Gasteiger partial charge in [0.05, 0.1) is 17.7 Å². The molecule has 3 aromatic carbocycles. The highest BCUT2D eigenvalue weighted by molar-refractivity contribution is 6.02. The molecule has 0 fully saturated rings. The molecule has 1 amide bonds. The lowest BCUT2D eigenvalue weighted by molar-refractivity contribution is -0.384. The minimum atomic E-state index is -0.576. The highest BCUT2D eigenvalue weighted by Gasteiger charge is 2.13. The van der Waals surface area contributed by atoms with Crippen LogP contribution in [0.1, 0.15) is 44.7 Å². The molecule has 1 N–H and O–H groups in total. The summed E-state index contributed by atoms with van der Waals surface area (Å²) in [4.78, 5) is 34.7. The molecule has 4 aromatic rings. The van der Waals surface area contributed by atoms with E-state index in [0.717, 1.165) is 5.56 Å². The fourth-order valence-electron chi connectivity index (χ4n) is 3.60. The molecule has 0 aliphatic rings. The number of amides is 1. The second-order valence-electron chi connectivity index (χ2n) is 8.42. The predicted octanol–water partition coefficient (Wildman–Crippen LogP) is 5.29. The average molecular weight is 544 g/mol. The van der Waals surface area contributed by atoms with Crippen LogP contribution in [-0.4, -0.2) is 29.6 Å². The molecule has 0 spiro atoms. The smallest absolute Gasteiger partial charge is 0.373 e. The fraction of sp³-hybridized carbons (Fsp3) is 0.138. The third kappa shape index (κ3) is 7.10. The highest BCUT2D eigenvalue weighted by Crippen LogP contribution is 2.22. The van der Waals surface area contributed by atoms with Gasteiger partial charge in [-0.25, -0.2) is 10.2 Å². The highest BCUT2D eigenvalue weighted by atomic mass is 16.6. The first-order valence-corrected chi connectivity index (χ1v) is 12.0. The first-order chi connectivity index (χ1) is 19.3.